The van der Waals surface area contributed by atoms with Crippen molar-refractivity contribution in [3.63, 3.8) is 0 Å². The normalized spacial score (nSPS) is 18.2. The second-order valence-electron chi connectivity index (χ2n) is 5.40. The first kappa shape index (κ1) is 16.1. The topological polar surface area (TPSA) is 41.1 Å². The summed E-state index contributed by atoms with van der Waals surface area (Å²) in [6, 6.07) is 7.95. The summed E-state index contributed by atoms with van der Waals surface area (Å²) in [6.07, 6.45) is 5.92. The van der Waals surface area contributed by atoms with Gasteiger partial charge in [-0.1, -0.05) is 18.2 Å². The van der Waals surface area contributed by atoms with E-state index >= 15 is 0 Å². The third-order valence-electron chi connectivity index (χ3n) is 3.70. The average molecular weight is 304 g/mol. The Balaban J connectivity index is 1.82. The van der Waals surface area contributed by atoms with E-state index < -0.39 is 0 Å². The van der Waals surface area contributed by atoms with Gasteiger partial charge in [-0.2, -0.15) is 0 Å². The third kappa shape index (κ3) is 5.56. The maximum absolute atomic E-state index is 12.1. The summed E-state index contributed by atoms with van der Waals surface area (Å²) in [5, 5.41) is 6.44. The Morgan fingerprint density at radius 3 is 3.10 bits per heavy atom. The number of amides is 1. The predicted octanol–water partition coefficient (Wildman–Crippen LogP) is 3.68. The molecule has 0 radical (unpaired) electrons. The lowest BCUT2D eigenvalue weighted by Crippen LogP contribution is -2.30. The van der Waals surface area contributed by atoms with Gasteiger partial charge in [0.2, 0.25) is 5.91 Å². The molecule has 1 fully saturated rings. The zero-order valence-corrected chi connectivity index (χ0v) is 13.3. The molecule has 1 aromatic rings. The molecule has 2 rings (SSSR count). The quantitative estimate of drug-likeness (QED) is 0.596. The highest BCUT2D eigenvalue weighted by molar-refractivity contribution is 7.99. The number of benzene rings is 1. The number of carbonyl (C=O) groups excluding carboxylic acids is 1. The van der Waals surface area contributed by atoms with Crippen LogP contribution in [0.25, 0.3) is 0 Å². The van der Waals surface area contributed by atoms with Gasteiger partial charge in [-0.25, -0.2) is 0 Å². The molecule has 1 unspecified atom stereocenters. The Morgan fingerprint density at radius 1 is 1.48 bits per heavy atom. The van der Waals surface area contributed by atoms with E-state index in [2.05, 4.69) is 17.2 Å². The maximum Gasteiger partial charge on any atom is 0.224 e. The summed E-state index contributed by atoms with van der Waals surface area (Å²) >= 11 is 1.69. The Hall–Kier alpha value is -1.26. The minimum absolute atomic E-state index is 0.118. The lowest BCUT2D eigenvalue weighted by molar-refractivity contribution is -0.116. The molecular formula is C17H24N2OS. The Morgan fingerprint density at radius 2 is 2.33 bits per heavy atom. The number of nitrogens with one attached hydrogen (secondary N) is 2. The first-order valence-electron chi connectivity index (χ1n) is 7.63. The second kappa shape index (κ2) is 8.90. The molecule has 1 heterocycles. The summed E-state index contributed by atoms with van der Waals surface area (Å²) in [6.45, 7) is 5.91. The molecule has 1 saturated heterocycles. The van der Waals surface area contributed by atoms with Gasteiger partial charge in [-0.05, 0) is 50.4 Å². The highest BCUT2D eigenvalue weighted by atomic mass is 32.2. The fraction of sp³-hybridized carbons (Fsp3) is 0.471. The second-order valence-corrected chi connectivity index (χ2v) is 6.46. The first-order chi connectivity index (χ1) is 10.3. The summed E-state index contributed by atoms with van der Waals surface area (Å²) < 4.78 is 0. The van der Waals surface area contributed by atoms with Crippen LogP contribution >= 0.6 is 11.8 Å². The molecule has 3 nitrogen and oxygen atoms in total. The van der Waals surface area contributed by atoms with Crippen LogP contribution in [0.5, 0.6) is 0 Å². The third-order valence-corrected chi connectivity index (χ3v) is 4.77. The zero-order chi connectivity index (χ0) is 14.9. The van der Waals surface area contributed by atoms with E-state index in [0.717, 1.165) is 35.8 Å². The van der Waals surface area contributed by atoms with Crippen molar-refractivity contribution in [2.45, 2.75) is 30.6 Å². The molecule has 1 aromatic carbocycles. The maximum atomic E-state index is 12.1. The van der Waals surface area contributed by atoms with E-state index in [4.69, 9.17) is 0 Å². The summed E-state index contributed by atoms with van der Waals surface area (Å²) in [4.78, 5) is 13.2. The number of hydrogen-bond donors (Lipinski definition) is 2. The number of carbonyl (C=O) groups is 1. The average Bonchev–Trinajstić information content (AvgIpc) is 2.53. The van der Waals surface area contributed by atoms with Crippen LogP contribution in [-0.4, -0.2) is 24.7 Å². The number of piperidine rings is 1. The van der Waals surface area contributed by atoms with E-state index in [1.807, 2.05) is 30.3 Å². The van der Waals surface area contributed by atoms with E-state index in [1.165, 1.54) is 12.8 Å². The molecule has 0 bridgehead atoms. The lowest BCUT2D eigenvalue weighted by Gasteiger charge is -2.22. The molecule has 1 aliphatic heterocycles. The fourth-order valence-corrected chi connectivity index (χ4v) is 3.31. The minimum atomic E-state index is 0.118. The number of anilines is 1. The van der Waals surface area contributed by atoms with Crippen molar-refractivity contribution in [1.82, 2.24) is 5.32 Å². The molecule has 0 saturated carbocycles. The summed E-state index contributed by atoms with van der Waals surface area (Å²) in [5.74, 6) is 1.61. The van der Waals surface area contributed by atoms with Crippen molar-refractivity contribution in [2.24, 2.45) is 5.92 Å². The van der Waals surface area contributed by atoms with Crippen LogP contribution in [0.1, 0.15) is 25.7 Å². The number of rotatable bonds is 7. The van der Waals surface area contributed by atoms with Crippen LogP contribution in [0, 0.1) is 5.92 Å². The largest absolute Gasteiger partial charge is 0.325 e. The van der Waals surface area contributed by atoms with Crippen LogP contribution in [0.15, 0.2) is 41.8 Å². The minimum Gasteiger partial charge on any atom is -0.325 e. The monoisotopic (exact) mass is 304 g/mol. The molecule has 1 atom stereocenters. The number of hydrogen-bond acceptors (Lipinski definition) is 3. The molecule has 2 N–H and O–H groups in total. The molecule has 1 aliphatic rings. The van der Waals surface area contributed by atoms with Gasteiger partial charge < -0.3 is 10.6 Å². The fourth-order valence-electron chi connectivity index (χ4n) is 2.56. The van der Waals surface area contributed by atoms with Gasteiger partial charge in [0, 0.05) is 17.1 Å². The summed E-state index contributed by atoms with van der Waals surface area (Å²) in [7, 11) is 0. The van der Waals surface area contributed by atoms with E-state index in [1.54, 1.807) is 11.8 Å². The van der Waals surface area contributed by atoms with Gasteiger partial charge in [-0.15, -0.1) is 18.3 Å². The van der Waals surface area contributed by atoms with Crippen molar-refractivity contribution in [3.05, 3.63) is 36.9 Å². The molecule has 1 amide bonds. The van der Waals surface area contributed by atoms with Crippen LogP contribution in [0.4, 0.5) is 5.69 Å². The zero-order valence-electron chi connectivity index (χ0n) is 12.4. The van der Waals surface area contributed by atoms with Gasteiger partial charge >= 0.3 is 0 Å². The first-order valence-corrected chi connectivity index (χ1v) is 8.61. The van der Waals surface area contributed by atoms with Gasteiger partial charge in [0.1, 0.15) is 0 Å². The van der Waals surface area contributed by atoms with Crippen molar-refractivity contribution >= 4 is 23.4 Å². The highest BCUT2D eigenvalue weighted by Gasteiger charge is 2.15. The predicted molar refractivity (Wildman–Crippen MR) is 90.8 cm³/mol. The van der Waals surface area contributed by atoms with E-state index in [9.17, 15) is 4.79 Å². The van der Waals surface area contributed by atoms with Crippen LogP contribution < -0.4 is 10.6 Å². The van der Waals surface area contributed by atoms with Crippen LogP contribution in [0.3, 0.4) is 0 Å². The summed E-state index contributed by atoms with van der Waals surface area (Å²) in [5.41, 5.74) is 0.913. The molecule has 0 aromatic heterocycles. The van der Waals surface area contributed by atoms with Gasteiger partial charge in [0.05, 0.1) is 5.69 Å². The van der Waals surface area contributed by atoms with Crippen molar-refractivity contribution in [2.75, 3.05) is 24.2 Å². The number of thioether (sulfide) groups is 1. The molecule has 114 valence electrons. The van der Waals surface area contributed by atoms with E-state index in [-0.39, 0.29) is 5.91 Å². The van der Waals surface area contributed by atoms with Crippen LogP contribution in [0.2, 0.25) is 0 Å². The Bertz CT molecular complexity index is 470. The molecule has 0 aliphatic carbocycles. The van der Waals surface area contributed by atoms with E-state index in [0.29, 0.717) is 12.3 Å². The standard InChI is InChI=1S/C17H24N2OS/c1-2-12-21-16-8-4-3-7-15(16)19-17(20)10-9-14-6-5-11-18-13-14/h2-4,7-8,14,18H,1,5-6,9-13H2,(H,19,20). The number of para-hydroxylation sites is 1. The molecule has 0 spiro atoms. The smallest absolute Gasteiger partial charge is 0.224 e. The Kier molecular flexibility index (Phi) is 6.83. The lowest BCUT2D eigenvalue weighted by atomic mass is 9.94. The molecule has 4 heteroatoms. The molecular weight excluding hydrogens is 280 g/mol. The Labute approximate surface area is 131 Å². The highest BCUT2D eigenvalue weighted by Crippen LogP contribution is 2.27. The SMILES string of the molecule is C=CCSc1ccccc1NC(=O)CCC1CCCNC1. The van der Waals surface area contributed by atoms with Gasteiger partial charge in [0.25, 0.3) is 0 Å². The van der Waals surface area contributed by atoms with Crippen molar-refractivity contribution < 1.29 is 4.79 Å². The van der Waals surface area contributed by atoms with Gasteiger partial charge in [-0.3, -0.25) is 4.79 Å². The van der Waals surface area contributed by atoms with Crippen LogP contribution in [-0.2, 0) is 4.79 Å². The van der Waals surface area contributed by atoms with Crippen molar-refractivity contribution in [1.29, 1.82) is 0 Å². The van der Waals surface area contributed by atoms with Gasteiger partial charge in [0.15, 0.2) is 0 Å². The van der Waals surface area contributed by atoms with Crippen molar-refractivity contribution in [3.8, 4) is 0 Å². The molecule has 21 heavy (non-hydrogen) atoms.